The molecule has 1 unspecified atom stereocenters. The van der Waals surface area contributed by atoms with Crippen LogP contribution in [0.3, 0.4) is 0 Å². The van der Waals surface area contributed by atoms with E-state index in [1.165, 1.54) is 66.7 Å². The summed E-state index contributed by atoms with van der Waals surface area (Å²) in [5.41, 5.74) is 0.860. The first-order chi connectivity index (χ1) is 31.2. The third-order valence-electron chi connectivity index (χ3n) is 8.97. The summed E-state index contributed by atoms with van der Waals surface area (Å²) in [7, 11) is -9.06. The number of nitrogens with one attached hydrogen (secondary N) is 3. The Labute approximate surface area is 378 Å². The lowest BCUT2D eigenvalue weighted by Gasteiger charge is -2.15. The maximum atomic E-state index is 13.3. The van der Waals surface area contributed by atoms with E-state index in [9.17, 15) is 67.1 Å². The summed E-state index contributed by atoms with van der Waals surface area (Å²) in [5, 5.41) is 51.4. The molecule has 25 heteroatoms. The average Bonchev–Trinajstić information content (AvgIpc) is 3.68. The second-order valence-electron chi connectivity index (χ2n) is 13.9. The Balaban J connectivity index is 1.31. The van der Waals surface area contributed by atoms with Crippen LogP contribution in [0.5, 0.6) is 17.2 Å². The van der Waals surface area contributed by atoms with Crippen LogP contribution >= 0.6 is 18.9 Å². The van der Waals surface area contributed by atoms with Gasteiger partial charge >= 0.3 is 31.5 Å². The van der Waals surface area contributed by atoms with Gasteiger partial charge in [0.2, 0.25) is 0 Å². The number of carboxylic acid groups (broad SMARTS) is 4. The van der Waals surface area contributed by atoms with E-state index in [-0.39, 0.29) is 86.8 Å². The molecule has 0 spiro atoms. The van der Waals surface area contributed by atoms with Crippen LogP contribution in [0, 0.1) is 11.3 Å². The summed E-state index contributed by atoms with van der Waals surface area (Å²) < 4.78 is 58.4. The largest absolute Gasteiger partial charge is 0.488 e. The molecule has 0 aliphatic rings. The zero-order valence-electron chi connectivity index (χ0n) is 34.1. The van der Waals surface area contributed by atoms with Gasteiger partial charge in [-0.1, -0.05) is 12.1 Å². The standard InChI is InChI=1S/C41H38N5O17PS2/c42-20-30-5-6-31(21-45-30)63-64(57,58)22-46-66(59,60)39-18-29-13-32(61-9-7-43-40(55)25-3-1-23(14-35(47)48)27(11-25)16-37(51)52)33(19-34(29)65-39)62-10-8-44-41(56)26-4-2-24(15-36(49)50)28(12-26)17-38(53)54/h1-6,11-13,18-19,21,46H,7-10,14-17,22H2,(H,43,55)(H,44,56)(H,47,48)(H,49,50)(H,51,52)(H,53,54)(H,57,58). The number of nitriles is 1. The Kier molecular flexibility index (Phi) is 16.5. The van der Waals surface area contributed by atoms with Crippen LogP contribution in [-0.4, -0.2) is 107 Å². The third kappa shape index (κ3) is 14.3. The fourth-order valence-corrected chi connectivity index (χ4v) is 9.98. The molecule has 0 bridgehead atoms. The van der Waals surface area contributed by atoms with Gasteiger partial charge in [-0.05, 0) is 76.2 Å². The normalized spacial score (nSPS) is 12.0. The molecule has 0 saturated heterocycles. The van der Waals surface area contributed by atoms with E-state index in [0.29, 0.717) is 10.1 Å². The number of nitrogens with zero attached hydrogens (tertiary/aromatic N) is 2. The number of thiophene rings is 1. The van der Waals surface area contributed by atoms with Crippen LogP contribution in [0.4, 0.5) is 0 Å². The fourth-order valence-electron chi connectivity index (χ4n) is 6.03. The highest BCUT2D eigenvalue weighted by Gasteiger charge is 2.27. The van der Waals surface area contributed by atoms with E-state index in [1.807, 2.05) is 4.72 Å². The number of ether oxygens (including phenoxy) is 2. The van der Waals surface area contributed by atoms with Gasteiger partial charge in [-0.15, -0.1) is 11.3 Å². The second kappa shape index (κ2) is 22.0. The van der Waals surface area contributed by atoms with Crippen molar-refractivity contribution >= 4 is 74.7 Å². The van der Waals surface area contributed by atoms with Gasteiger partial charge in [0, 0.05) is 21.9 Å². The lowest BCUT2D eigenvalue weighted by molar-refractivity contribution is -0.137. The summed E-state index contributed by atoms with van der Waals surface area (Å²) in [4.78, 5) is 85.4. The molecule has 22 nitrogen and oxygen atoms in total. The predicted octanol–water partition coefficient (Wildman–Crippen LogP) is 2.79. The van der Waals surface area contributed by atoms with Crippen LogP contribution < -0.4 is 29.4 Å². The lowest BCUT2D eigenvalue weighted by Crippen LogP contribution is -2.29. The number of carboxylic acids is 4. The molecule has 0 saturated carbocycles. The molecular weight excluding hydrogens is 930 g/mol. The van der Waals surface area contributed by atoms with Gasteiger partial charge < -0.3 is 50.0 Å². The van der Waals surface area contributed by atoms with Crippen molar-refractivity contribution in [2.24, 2.45) is 0 Å². The Hall–Kier alpha value is -7.42. The second-order valence-corrected chi connectivity index (χ2v) is 18.7. The number of pyridine rings is 1. The van der Waals surface area contributed by atoms with Crippen molar-refractivity contribution < 1.29 is 81.1 Å². The molecule has 3 aromatic carbocycles. The molecule has 1 atom stereocenters. The van der Waals surface area contributed by atoms with Crippen molar-refractivity contribution in [1.82, 2.24) is 20.3 Å². The molecule has 5 rings (SSSR count). The Morgan fingerprint density at radius 1 is 0.697 bits per heavy atom. The van der Waals surface area contributed by atoms with E-state index in [1.54, 1.807) is 6.07 Å². The lowest BCUT2D eigenvalue weighted by atomic mass is 9.98. The summed E-state index contributed by atoms with van der Waals surface area (Å²) in [6.07, 6.45) is -1.96. The minimum Gasteiger partial charge on any atom is -0.488 e. The fraction of sp³-hybridized carbons (Fsp3) is 0.220. The van der Waals surface area contributed by atoms with E-state index in [0.717, 1.165) is 17.5 Å². The first-order valence-electron chi connectivity index (χ1n) is 19.1. The molecule has 66 heavy (non-hydrogen) atoms. The minimum absolute atomic E-state index is 0.0159. The van der Waals surface area contributed by atoms with Crippen molar-refractivity contribution in [2.45, 2.75) is 29.9 Å². The van der Waals surface area contributed by atoms with E-state index < -0.39 is 85.3 Å². The number of carbonyl (C=O) groups excluding carboxylic acids is 2. The first-order valence-corrected chi connectivity index (χ1v) is 23.2. The molecule has 2 heterocycles. The molecule has 0 aliphatic carbocycles. The van der Waals surface area contributed by atoms with Gasteiger partial charge in [0.15, 0.2) is 11.5 Å². The van der Waals surface area contributed by atoms with Crippen LogP contribution in [0.1, 0.15) is 48.7 Å². The Morgan fingerprint density at radius 3 is 1.67 bits per heavy atom. The molecule has 0 fully saturated rings. The number of fused-ring (bicyclic) bond motifs is 1. The molecule has 0 radical (unpaired) electrons. The summed E-state index contributed by atoms with van der Waals surface area (Å²) >= 11 is 0.763. The minimum atomic E-state index is -4.62. The highest BCUT2D eigenvalue weighted by Crippen LogP contribution is 2.42. The molecule has 8 N–H and O–H groups in total. The number of rotatable bonds is 24. The predicted molar refractivity (Wildman–Crippen MR) is 230 cm³/mol. The molecule has 5 aromatic rings. The quantitative estimate of drug-likeness (QED) is 0.0325. The SMILES string of the molecule is N#Cc1ccc(OP(=O)(O)CNS(=O)(=O)c2cc3cc(OCCNC(=O)c4ccc(CC(=O)O)c(CC(=O)O)c4)c(OCCNC(=O)c4ccc(CC(=O)O)c(CC(=O)O)c4)cc3s2)cn1. The van der Waals surface area contributed by atoms with E-state index in [2.05, 4.69) is 15.6 Å². The summed E-state index contributed by atoms with van der Waals surface area (Å²) in [6.45, 7) is -0.639. The van der Waals surface area contributed by atoms with Crippen LogP contribution in [0.25, 0.3) is 10.1 Å². The number of amides is 2. The van der Waals surface area contributed by atoms with Crippen molar-refractivity contribution in [1.29, 1.82) is 5.26 Å². The Bertz CT molecular complexity index is 2760. The van der Waals surface area contributed by atoms with Crippen molar-refractivity contribution in [3.05, 3.63) is 112 Å². The zero-order chi connectivity index (χ0) is 48.2. The van der Waals surface area contributed by atoms with Crippen molar-refractivity contribution in [2.75, 3.05) is 32.6 Å². The van der Waals surface area contributed by atoms with Gasteiger partial charge in [0.05, 0.1) is 45.0 Å². The topological polar surface area (TPSA) is 355 Å². The van der Waals surface area contributed by atoms with Gasteiger partial charge in [-0.3, -0.25) is 28.8 Å². The van der Waals surface area contributed by atoms with Crippen molar-refractivity contribution in [3.8, 4) is 23.3 Å². The Morgan fingerprint density at radius 2 is 1.20 bits per heavy atom. The highest BCUT2D eigenvalue weighted by atomic mass is 32.2. The number of hydrogen-bond acceptors (Lipinski definition) is 15. The van der Waals surface area contributed by atoms with Crippen molar-refractivity contribution in [3.63, 3.8) is 0 Å². The number of aromatic nitrogens is 1. The number of hydrogen-bond donors (Lipinski definition) is 8. The highest BCUT2D eigenvalue weighted by molar-refractivity contribution is 7.92. The first kappa shape index (κ1) is 49.6. The van der Waals surface area contributed by atoms with Crippen LogP contribution in [-0.2, 0) is 59.4 Å². The monoisotopic (exact) mass is 967 g/mol. The maximum Gasteiger partial charge on any atom is 0.391 e. The maximum absolute atomic E-state index is 13.3. The van der Waals surface area contributed by atoms with Gasteiger partial charge in [0.1, 0.15) is 41.2 Å². The third-order valence-corrected chi connectivity index (χ3v) is 13.2. The summed E-state index contributed by atoms with van der Waals surface area (Å²) in [6, 6.07) is 16.3. The molecule has 0 aliphatic heterocycles. The molecule has 346 valence electrons. The number of benzene rings is 3. The number of carbonyl (C=O) groups is 6. The van der Waals surface area contributed by atoms with Crippen LogP contribution in [0.2, 0.25) is 0 Å². The molecule has 2 amide bonds. The molecular formula is C41H38N5O17PS2. The van der Waals surface area contributed by atoms with Gasteiger partial charge in [-0.2, -0.15) is 9.98 Å². The zero-order valence-corrected chi connectivity index (χ0v) is 36.6. The average molecular weight is 968 g/mol. The molecule has 2 aromatic heterocycles. The van der Waals surface area contributed by atoms with Gasteiger partial charge in [0.25, 0.3) is 21.8 Å². The van der Waals surface area contributed by atoms with E-state index in [4.69, 9.17) is 19.3 Å². The van der Waals surface area contributed by atoms with Gasteiger partial charge in [-0.25, -0.2) is 18.0 Å². The summed E-state index contributed by atoms with van der Waals surface area (Å²) in [5.74, 6) is -6.18. The van der Waals surface area contributed by atoms with Crippen LogP contribution in [0.15, 0.2) is 77.1 Å². The van der Waals surface area contributed by atoms with E-state index >= 15 is 0 Å². The number of aliphatic carboxylic acids is 4. The smallest absolute Gasteiger partial charge is 0.391 e. The number of sulfonamides is 1.